The molecule has 0 aromatic heterocycles. The lowest BCUT2D eigenvalue weighted by Crippen LogP contribution is -2.39. The van der Waals surface area contributed by atoms with Crippen LogP contribution in [0.4, 0.5) is 0 Å². The van der Waals surface area contributed by atoms with Crippen LogP contribution >= 0.6 is 0 Å². The third-order valence-corrected chi connectivity index (χ3v) is 2.49. The molecule has 1 aliphatic heterocycles. The molecule has 4 heteroatoms. The molecule has 0 aromatic carbocycles. The van der Waals surface area contributed by atoms with Gasteiger partial charge in [-0.2, -0.15) is 0 Å². The van der Waals surface area contributed by atoms with E-state index in [0.29, 0.717) is 12.6 Å². The fourth-order valence-corrected chi connectivity index (χ4v) is 1.81. The van der Waals surface area contributed by atoms with Gasteiger partial charge < -0.3 is 15.1 Å². The minimum atomic E-state index is 0.246. The minimum Gasteiger partial charge on any atom is -0.340 e. The summed E-state index contributed by atoms with van der Waals surface area (Å²) in [7, 11) is 3.85. The van der Waals surface area contributed by atoms with Crippen LogP contribution in [0.1, 0.15) is 13.3 Å². The summed E-state index contributed by atoms with van der Waals surface area (Å²) in [6, 6.07) is 0.506. The van der Waals surface area contributed by atoms with E-state index < -0.39 is 0 Å². The molecule has 1 amide bonds. The third kappa shape index (κ3) is 3.27. The highest BCUT2D eigenvalue weighted by atomic mass is 16.2. The monoisotopic (exact) mass is 199 g/mol. The van der Waals surface area contributed by atoms with Crippen LogP contribution in [-0.2, 0) is 4.79 Å². The molecule has 0 radical (unpaired) electrons. The standard InChI is InChI=1S/C10H21N3O/c1-4-11-9-5-6-13(7-9)10(14)8-12(2)3/h9,11H,4-8H2,1-3H3. The number of rotatable bonds is 4. The number of hydrogen-bond acceptors (Lipinski definition) is 3. The summed E-state index contributed by atoms with van der Waals surface area (Å²) in [6.45, 7) is 5.40. The normalized spacial score (nSPS) is 22.0. The summed E-state index contributed by atoms with van der Waals surface area (Å²) in [5, 5.41) is 3.38. The fraction of sp³-hybridized carbons (Fsp3) is 0.900. The molecule has 0 bridgehead atoms. The lowest BCUT2D eigenvalue weighted by molar-refractivity contribution is -0.130. The number of likely N-dealkylation sites (N-methyl/N-ethyl adjacent to an activating group) is 2. The van der Waals surface area contributed by atoms with Crippen molar-refractivity contribution in [2.24, 2.45) is 0 Å². The summed E-state index contributed by atoms with van der Waals surface area (Å²) in [5.41, 5.74) is 0. The zero-order valence-corrected chi connectivity index (χ0v) is 9.42. The van der Waals surface area contributed by atoms with E-state index in [-0.39, 0.29) is 5.91 Å². The first kappa shape index (κ1) is 11.5. The van der Waals surface area contributed by atoms with Crippen LogP contribution in [0, 0.1) is 0 Å². The highest BCUT2D eigenvalue weighted by Gasteiger charge is 2.25. The summed E-state index contributed by atoms with van der Waals surface area (Å²) >= 11 is 0. The summed E-state index contributed by atoms with van der Waals surface area (Å²) in [6.07, 6.45) is 1.09. The van der Waals surface area contributed by atoms with Gasteiger partial charge in [0.25, 0.3) is 0 Å². The van der Waals surface area contributed by atoms with Gasteiger partial charge in [0, 0.05) is 19.1 Å². The van der Waals surface area contributed by atoms with Crippen LogP contribution in [0.25, 0.3) is 0 Å². The first-order valence-corrected chi connectivity index (χ1v) is 5.29. The Morgan fingerprint density at radius 2 is 2.29 bits per heavy atom. The molecular formula is C10H21N3O. The first-order chi connectivity index (χ1) is 6.63. The molecule has 1 atom stereocenters. The second-order valence-corrected chi connectivity index (χ2v) is 4.12. The van der Waals surface area contributed by atoms with Crippen molar-refractivity contribution in [2.75, 3.05) is 40.3 Å². The van der Waals surface area contributed by atoms with Gasteiger partial charge in [-0.25, -0.2) is 0 Å². The third-order valence-electron chi connectivity index (χ3n) is 2.49. The number of amides is 1. The van der Waals surface area contributed by atoms with Gasteiger partial charge in [0.15, 0.2) is 0 Å². The van der Waals surface area contributed by atoms with Crippen molar-refractivity contribution >= 4 is 5.91 Å². The smallest absolute Gasteiger partial charge is 0.236 e. The van der Waals surface area contributed by atoms with E-state index in [2.05, 4.69) is 12.2 Å². The topological polar surface area (TPSA) is 35.6 Å². The Labute approximate surface area is 86.2 Å². The van der Waals surface area contributed by atoms with Crippen molar-refractivity contribution in [3.05, 3.63) is 0 Å². The molecule has 1 aliphatic rings. The Bertz CT molecular complexity index is 194. The number of nitrogens with one attached hydrogen (secondary N) is 1. The van der Waals surface area contributed by atoms with E-state index in [1.165, 1.54) is 0 Å². The lowest BCUT2D eigenvalue weighted by Gasteiger charge is -2.19. The fourth-order valence-electron chi connectivity index (χ4n) is 1.81. The number of nitrogens with zero attached hydrogens (tertiary/aromatic N) is 2. The summed E-state index contributed by atoms with van der Waals surface area (Å²) in [4.78, 5) is 15.5. The molecule has 1 unspecified atom stereocenters. The molecule has 0 aromatic rings. The molecular weight excluding hydrogens is 178 g/mol. The average molecular weight is 199 g/mol. The van der Waals surface area contributed by atoms with Gasteiger partial charge in [0.2, 0.25) is 5.91 Å². The molecule has 0 saturated carbocycles. The number of hydrogen-bond donors (Lipinski definition) is 1. The van der Waals surface area contributed by atoms with E-state index in [1.807, 2.05) is 23.9 Å². The largest absolute Gasteiger partial charge is 0.340 e. The van der Waals surface area contributed by atoms with Gasteiger partial charge in [0.1, 0.15) is 0 Å². The molecule has 0 spiro atoms. The zero-order valence-electron chi connectivity index (χ0n) is 9.42. The maximum Gasteiger partial charge on any atom is 0.236 e. The average Bonchev–Trinajstić information content (AvgIpc) is 2.52. The van der Waals surface area contributed by atoms with E-state index in [0.717, 1.165) is 26.1 Å². The van der Waals surface area contributed by atoms with Crippen LogP contribution in [0.15, 0.2) is 0 Å². The van der Waals surface area contributed by atoms with Crippen LogP contribution in [-0.4, -0.2) is 62.0 Å². The van der Waals surface area contributed by atoms with Crippen LogP contribution < -0.4 is 5.32 Å². The second kappa shape index (κ2) is 5.32. The Kier molecular flexibility index (Phi) is 4.35. The number of carbonyl (C=O) groups is 1. The highest BCUT2D eigenvalue weighted by Crippen LogP contribution is 2.09. The molecule has 14 heavy (non-hydrogen) atoms. The molecule has 0 aliphatic carbocycles. The zero-order chi connectivity index (χ0) is 10.6. The van der Waals surface area contributed by atoms with Gasteiger partial charge in [-0.15, -0.1) is 0 Å². The lowest BCUT2D eigenvalue weighted by atomic mass is 10.3. The maximum absolute atomic E-state index is 11.7. The SMILES string of the molecule is CCNC1CCN(C(=O)CN(C)C)C1. The predicted molar refractivity (Wildman–Crippen MR) is 57.2 cm³/mol. The number of carbonyl (C=O) groups excluding carboxylic acids is 1. The van der Waals surface area contributed by atoms with Gasteiger partial charge in [-0.05, 0) is 27.1 Å². The van der Waals surface area contributed by atoms with Crippen molar-refractivity contribution in [3.8, 4) is 0 Å². The molecule has 1 rings (SSSR count). The van der Waals surface area contributed by atoms with Gasteiger partial charge in [-0.1, -0.05) is 6.92 Å². The molecule has 1 heterocycles. The molecule has 4 nitrogen and oxygen atoms in total. The Hall–Kier alpha value is -0.610. The molecule has 1 saturated heterocycles. The minimum absolute atomic E-state index is 0.246. The van der Waals surface area contributed by atoms with E-state index in [1.54, 1.807) is 0 Å². The Morgan fingerprint density at radius 1 is 1.57 bits per heavy atom. The van der Waals surface area contributed by atoms with E-state index in [4.69, 9.17) is 0 Å². The summed E-state index contributed by atoms with van der Waals surface area (Å²) < 4.78 is 0. The summed E-state index contributed by atoms with van der Waals surface area (Å²) in [5.74, 6) is 0.246. The highest BCUT2D eigenvalue weighted by molar-refractivity contribution is 5.78. The van der Waals surface area contributed by atoms with Crippen LogP contribution in [0.2, 0.25) is 0 Å². The molecule has 1 N–H and O–H groups in total. The quantitative estimate of drug-likeness (QED) is 0.678. The van der Waals surface area contributed by atoms with E-state index in [9.17, 15) is 4.79 Å². The van der Waals surface area contributed by atoms with Crippen molar-refractivity contribution in [1.29, 1.82) is 0 Å². The first-order valence-electron chi connectivity index (χ1n) is 5.29. The predicted octanol–water partition coefficient (Wildman–Crippen LogP) is -0.242. The van der Waals surface area contributed by atoms with Crippen LogP contribution in [0.5, 0.6) is 0 Å². The Balaban J connectivity index is 2.30. The van der Waals surface area contributed by atoms with Crippen LogP contribution in [0.3, 0.4) is 0 Å². The van der Waals surface area contributed by atoms with Crippen molar-refractivity contribution in [2.45, 2.75) is 19.4 Å². The van der Waals surface area contributed by atoms with E-state index >= 15 is 0 Å². The van der Waals surface area contributed by atoms with Gasteiger partial charge in [-0.3, -0.25) is 4.79 Å². The van der Waals surface area contributed by atoms with Gasteiger partial charge in [0.05, 0.1) is 6.54 Å². The van der Waals surface area contributed by atoms with Crippen molar-refractivity contribution in [1.82, 2.24) is 15.1 Å². The molecule has 1 fully saturated rings. The maximum atomic E-state index is 11.7. The van der Waals surface area contributed by atoms with Crippen molar-refractivity contribution < 1.29 is 4.79 Å². The second-order valence-electron chi connectivity index (χ2n) is 4.12. The number of likely N-dealkylation sites (tertiary alicyclic amines) is 1. The molecule has 82 valence electrons. The van der Waals surface area contributed by atoms with Gasteiger partial charge >= 0.3 is 0 Å². The van der Waals surface area contributed by atoms with Crippen molar-refractivity contribution in [3.63, 3.8) is 0 Å². The Morgan fingerprint density at radius 3 is 2.86 bits per heavy atom.